The van der Waals surface area contributed by atoms with Crippen LogP contribution in [0.5, 0.6) is 0 Å². The maximum Gasteiger partial charge on any atom is 0.230 e. The van der Waals surface area contributed by atoms with Crippen LogP contribution in [-0.2, 0) is 9.53 Å². The van der Waals surface area contributed by atoms with Gasteiger partial charge in [0.15, 0.2) is 11.0 Å². The van der Waals surface area contributed by atoms with Crippen LogP contribution in [0.1, 0.15) is 6.42 Å². The zero-order valence-corrected chi connectivity index (χ0v) is 17.3. The Morgan fingerprint density at radius 2 is 1.97 bits per heavy atom. The first-order valence-electron chi connectivity index (χ1n) is 8.95. The molecule has 2 aromatic carbocycles. The van der Waals surface area contributed by atoms with Crippen molar-refractivity contribution >= 4 is 29.3 Å². The summed E-state index contributed by atoms with van der Waals surface area (Å²) >= 11 is 7.50. The number of carbonyl (C=O) groups excluding carboxylic acids is 1. The lowest BCUT2D eigenvalue weighted by Crippen LogP contribution is -2.27. The van der Waals surface area contributed by atoms with Gasteiger partial charge in [0.05, 0.1) is 16.5 Å². The van der Waals surface area contributed by atoms with Gasteiger partial charge in [-0.3, -0.25) is 9.36 Å². The van der Waals surface area contributed by atoms with Crippen molar-refractivity contribution in [3.63, 3.8) is 0 Å². The van der Waals surface area contributed by atoms with Gasteiger partial charge < -0.3 is 10.1 Å². The first-order valence-corrected chi connectivity index (χ1v) is 10.3. The van der Waals surface area contributed by atoms with Gasteiger partial charge in [0.2, 0.25) is 5.91 Å². The van der Waals surface area contributed by atoms with Crippen molar-refractivity contribution in [3.8, 4) is 17.1 Å². The van der Waals surface area contributed by atoms with Crippen LogP contribution in [0.3, 0.4) is 0 Å². The highest BCUT2D eigenvalue weighted by Crippen LogP contribution is 2.32. The predicted molar refractivity (Wildman–Crippen MR) is 112 cm³/mol. The van der Waals surface area contributed by atoms with Crippen molar-refractivity contribution in [3.05, 3.63) is 59.4 Å². The number of para-hydroxylation sites is 1. The van der Waals surface area contributed by atoms with Gasteiger partial charge in [-0.05, 0) is 30.7 Å². The molecule has 0 atom stereocenters. The van der Waals surface area contributed by atoms with Gasteiger partial charge in [0, 0.05) is 25.8 Å². The zero-order valence-electron chi connectivity index (χ0n) is 15.8. The van der Waals surface area contributed by atoms with Crippen LogP contribution in [0.25, 0.3) is 17.1 Å². The lowest BCUT2D eigenvalue weighted by molar-refractivity contribution is -0.118. The Balaban J connectivity index is 1.87. The number of amides is 1. The van der Waals surface area contributed by atoms with Crippen molar-refractivity contribution in [2.24, 2.45) is 0 Å². The molecule has 0 unspecified atom stereocenters. The largest absolute Gasteiger partial charge is 0.385 e. The van der Waals surface area contributed by atoms with E-state index in [2.05, 4.69) is 15.5 Å². The highest BCUT2D eigenvalue weighted by atomic mass is 35.5. The molecule has 1 N–H and O–H groups in total. The highest BCUT2D eigenvalue weighted by Gasteiger charge is 2.20. The second-order valence-corrected chi connectivity index (χ2v) is 7.41. The van der Waals surface area contributed by atoms with Crippen LogP contribution in [0.4, 0.5) is 4.39 Å². The number of halogens is 2. The van der Waals surface area contributed by atoms with Crippen molar-refractivity contribution in [1.29, 1.82) is 0 Å². The molecule has 1 aromatic heterocycles. The second kappa shape index (κ2) is 10.4. The van der Waals surface area contributed by atoms with Crippen LogP contribution in [0, 0.1) is 5.82 Å². The predicted octanol–water partition coefficient (Wildman–Crippen LogP) is 3.97. The molecule has 0 radical (unpaired) electrons. The van der Waals surface area contributed by atoms with E-state index in [0.29, 0.717) is 34.7 Å². The van der Waals surface area contributed by atoms with Crippen molar-refractivity contribution < 1.29 is 13.9 Å². The highest BCUT2D eigenvalue weighted by molar-refractivity contribution is 7.99. The van der Waals surface area contributed by atoms with Crippen LogP contribution >= 0.6 is 23.4 Å². The molecule has 152 valence electrons. The molecule has 1 heterocycles. The molecule has 3 rings (SSSR count). The molecule has 0 fully saturated rings. The minimum atomic E-state index is -0.425. The SMILES string of the molecule is COCCCNC(=O)CSc1nnc(-c2ccccc2Cl)n1-c1ccccc1F. The summed E-state index contributed by atoms with van der Waals surface area (Å²) in [5.74, 6) is -0.0362. The number of nitrogens with zero attached hydrogens (tertiary/aromatic N) is 3. The third kappa shape index (κ3) is 5.35. The van der Waals surface area contributed by atoms with Gasteiger partial charge in [-0.2, -0.15) is 0 Å². The molecule has 0 saturated carbocycles. The van der Waals surface area contributed by atoms with E-state index >= 15 is 0 Å². The molecular formula is C20H20ClFN4O2S. The van der Waals surface area contributed by atoms with Gasteiger partial charge in [-0.1, -0.05) is 47.6 Å². The van der Waals surface area contributed by atoms with Gasteiger partial charge in [-0.25, -0.2) is 4.39 Å². The Hall–Kier alpha value is -2.42. The van der Waals surface area contributed by atoms with Gasteiger partial charge in [0.1, 0.15) is 5.82 Å². The number of methoxy groups -OCH3 is 1. The van der Waals surface area contributed by atoms with Crippen LogP contribution < -0.4 is 5.32 Å². The van der Waals surface area contributed by atoms with Crippen LogP contribution in [0.2, 0.25) is 5.02 Å². The van der Waals surface area contributed by atoms with E-state index < -0.39 is 5.82 Å². The van der Waals surface area contributed by atoms with E-state index in [1.54, 1.807) is 48.1 Å². The average Bonchev–Trinajstić information content (AvgIpc) is 3.14. The van der Waals surface area contributed by atoms with Crippen molar-refractivity contribution in [2.75, 3.05) is 26.0 Å². The van der Waals surface area contributed by atoms with Crippen molar-refractivity contribution in [2.45, 2.75) is 11.6 Å². The average molecular weight is 435 g/mol. The third-order valence-electron chi connectivity index (χ3n) is 4.02. The van der Waals surface area contributed by atoms with Gasteiger partial charge >= 0.3 is 0 Å². The summed E-state index contributed by atoms with van der Waals surface area (Å²) in [4.78, 5) is 12.1. The Morgan fingerprint density at radius 1 is 1.21 bits per heavy atom. The van der Waals surface area contributed by atoms with Crippen molar-refractivity contribution in [1.82, 2.24) is 20.1 Å². The topological polar surface area (TPSA) is 69.0 Å². The van der Waals surface area contributed by atoms with Gasteiger partial charge in [0.25, 0.3) is 0 Å². The second-order valence-electron chi connectivity index (χ2n) is 6.06. The molecular weight excluding hydrogens is 415 g/mol. The molecule has 0 saturated heterocycles. The lowest BCUT2D eigenvalue weighted by atomic mass is 10.2. The number of carbonyl (C=O) groups is 1. The molecule has 29 heavy (non-hydrogen) atoms. The number of ether oxygens (including phenoxy) is 1. The van der Waals surface area contributed by atoms with Crippen LogP contribution in [-0.4, -0.2) is 46.7 Å². The Morgan fingerprint density at radius 3 is 2.72 bits per heavy atom. The zero-order chi connectivity index (χ0) is 20.6. The van der Waals surface area contributed by atoms with Gasteiger partial charge in [-0.15, -0.1) is 10.2 Å². The lowest BCUT2D eigenvalue weighted by Gasteiger charge is -2.12. The summed E-state index contributed by atoms with van der Waals surface area (Å²) in [6.45, 7) is 1.11. The maximum absolute atomic E-state index is 14.6. The first-order chi connectivity index (χ1) is 14.1. The monoisotopic (exact) mass is 434 g/mol. The Kier molecular flexibility index (Phi) is 7.62. The molecule has 0 aliphatic carbocycles. The molecule has 0 aliphatic rings. The summed E-state index contributed by atoms with van der Waals surface area (Å²) in [5, 5.41) is 12.1. The molecule has 0 aliphatic heterocycles. The smallest absolute Gasteiger partial charge is 0.230 e. The fraction of sp³-hybridized carbons (Fsp3) is 0.250. The van der Waals surface area contributed by atoms with E-state index in [0.717, 1.165) is 6.42 Å². The number of nitrogens with one attached hydrogen (secondary N) is 1. The van der Waals surface area contributed by atoms with E-state index in [-0.39, 0.29) is 17.3 Å². The van der Waals surface area contributed by atoms with E-state index in [1.165, 1.54) is 17.8 Å². The van der Waals surface area contributed by atoms with E-state index in [1.807, 2.05) is 6.07 Å². The number of aromatic nitrogens is 3. The fourth-order valence-corrected chi connectivity index (χ4v) is 3.65. The Labute approximate surface area is 177 Å². The minimum absolute atomic E-state index is 0.127. The summed E-state index contributed by atoms with van der Waals surface area (Å²) in [5.41, 5.74) is 0.913. The quantitative estimate of drug-likeness (QED) is 0.407. The summed E-state index contributed by atoms with van der Waals surface area (Å²) < 4.78 is 21.1. The molecule has 0 bridgehead atoms. The molecule has 0 spiro atoms. The number of hydrogen-bond acceptors (Lipinski definition) is 5. The number of benzene rings is 2. The summed E-state index contributed by atoms with van der Waals surface area (Å²) in [6, 6.07) is 13.5. The summed E-state index contributed by atoms with van der Waals surface area (Å²) in [7, 11) is 1.61. The fourth-order valence-electron chi connectivity index (χ4n) is 2.66. The third-order valence-corrected chi connectivity index (χ3v) is 5.28. The molecule has 9 heteroatoms. The maximum atomic E-state index is 14.6. The molecule has 3 aromatic rings. The number of thioether (sulfide) groups is 1. The number of rotatable bonds is 9. The first kappa shape index (κ1) is 21.3. The molecule has 6 nitrogen and oxygen atoms in total. The Bertz CT molecular complexity index is 983. The molecule has 1 amide bonds. The summed E-state index contributed by atoms with van der Waals surface area (Å²) in [6.07, 6.45) is 0.731. The number of hydrogen-bond donors (Lipinski definition) is 1. The normalized spacial score (nSPS) is 10.9. The van der Waals surface area contributed by atoms with E-state index in [9.17, 15) is 9.18 Å². The van der Waals surface area contributed by atoms with E-state index in [4.69, 9.17) is 16.3 Å². The van der Waals surface area contributed by atoms with Crippen LogP contribution in [0.15, 0.2) is 53.7 Å². The standard InChI is InChI=1S/C20H20ClFN4O2S/c1-28-12-6-11-23-18(27)13-29-20-25-24-19(14-7-2-3-8-15(14)21)26(20)17-10-5-4-9-16(17)22/h2-5,7-10H,6,11-13H2,1H3,(H,23,27). The minimum Gasteiger partial charge on any atom is -0.385 e.